The number of rotatable bonds is 4. The van der Waals surface area contributed by atoms with Gasteiger partial charge < -0.3 is 26.2 Å². The Balaban J connectivity index is 1.41. The third-order valence-corrected chi connectivity index (χ3v) is 6.53. The first kappa shape index (κ1) is 23.1. The maximum Gasteiger partial charge on any atom is 0.258 e. The summed E-state index contributed by atoms with van der Waals surface area (Å²) >= 11 is 0. The van der Waals surface area contributed by atoms with Crippen molar-refractivity contribution in [3.05, 3.63) is 77.4 Å². The zero-order valence-electron chi connectivity index (χ0n) is 19.4. The molecule has 0 fully saturated rings. The largest absolute Gasteiger partial charge is 0.370 e. The van der Waals surface area contributed by atoms with Gasteiger partial charge in [-0.2, -0.15) is 0 Å². The number of hydrogen-bond acceptors (Lipinski definition) is 3. The van der Waals surface area contributed by atoms with Gasteiger partial charge in [0.25, 0.3) is 5.91 Å². The lowest BCUT2D eigenvalue weighted by Gasteiger charge is -2.27. The van der Waals surface area contributed by atoms with Gasteiger partial charge in [-0.05, 0) is 59.4 Å². The van der Waals surface area contributed by atoms with Gasteiger partial charge in [0.1, 0.15) is 0 Å². The highest BCUT2D eigenvalue weighted by Gasteiger charge is 2.17. The molecule has 2 aromatic carbocycles. The van der Waals surface area contributed by atoms with Crippen molar-refractivity contribution in [2.45, 2.75) is 12.8 Å². The zero-order valence-corrected chi connectivity index (χ0v) is 19.4. The summed E-state index contributed by atoms with van der Waals surface area (Å²) in [5.41, 5.74) is 17.3. The topological polar surface area (TPSA) is 127 Å². The lowest BCUT2D eigenvalue weighted by Crippen LogP contribution is -2.39. The van der Waals surface area contributed by atoms with E-state index in [0.29, 0.717) is 18.7 Å². The van der Waals surface area contributed by atoms with Crippen LogP contribution in [0.2, 0.25) is 0 Å². The molecule has 176 valence electrons. The fourth-order valence-corrected chi connectivity index (χ4v) is 4.34. The van der Waals surface area contributed by atoms with E-state index in [2.05, 4.69) is 12.2 Å². The van der Waals surface area contributed by atoms with Gasteiger partial charge in [-0.1, -0.05) is 36.4 Å². The smallest absolute Gasteiger partial charge is 0.258 e. The molecule has 0 aromatic heterocycles. The molecule has 2 heterocycles. The summed E-state index contributed by atoms with van der Waals surface area (Å²) in [4.78, 5) is 18.4. The number of nitrogens with zero attached hydrogens (tertiary/aromatic N) is 3. The Morgan fingerprint density at radius 2 is 1.24 bits per heavy atom. The Bertz CT molecular complexity index is 1150. The number of benzene rings is 2. The molecule has 0 saturated carbocycles. The molecule has 1 amide bonds. The third kappa shape index (κ3) is 4.96. The Kier molecular flexibility index (Phi) is 6.67. The molecule has 8 heteroatoms. The number of hydrogen-bond donors (Lipinski definition) is 4. The molecule has 0 spiro atoms. The number of carbonyl (C=O) groups excluding carboxylic acids is 1. The van der Waals surface area contributed by atoms with Crippen LogP contribution in [0.25, 0.3) is 11.1 Å². The first-order valence-corrected chi connectivity index (χ1v) is 11.4. The van der Waals surface area contributed by atoms with Crippen molar-refractivity contribution >= 4 is 34.7 Å². The van der Waals surface area contributed by atoms with Gasteiger partial charge >= 0.3 is 0 Å². The van der Waals surface area contributed by atoms with E-state index < -0.39 is 0 Å². The molecule has 6 N–H and O–H groups in total. The van der Waals surface area contributed by atoms with E-state index in [1.165, 1.54) is 11.1 Å². The van der Waals surface area contributed by atoms with Crippen LogP contribution in [0.1, 0.15) is 34.3 Å². The van der Waals surface area contributed by atoms with Crippen LogP contribution in [0, 0.1) is 10.8 Å². The first-order chi connectivity index (χ1) is 16.3. The molecule has 2 aliphatic rings. The van der Waals surface area contributed by atoms with E-state index in [1.54, 1.807) is 11.9 Å². The molecule has 0 saturated heterocycles. The average molecular weight is 458 g/mol. The molecule has 0 radical (unpaired) electrons. The van der Waals surface area contributed by atoms with Crippen LogP contribution >= 0.6 is 0 Å². The number of carbonyl (C=O) groups is 1. The number of anilines is 1. The first-order valence-electron chi connectivity index (χ1n) is 11.4. The SMILES string of the molecule is CN(C(=O)c1ccc(C2=CCN(C(=N)N)CC2)cc1)c1ccc(C2=CCN(C(=N)N)CC2)cc1. The predicted octanol–water partition coefficient (Wildman–Crippen LogP) is 2.93. The highest BCUT2D eigenvalue weighted by molar-refractivity contribution is 6.06. The minimum atomic E-state index is -0.0614. The number of amides is 1. The molecule has 2 aliphatic heterocycles. The van der Waals surface area contributed by atoms with E-state index in [-0.39, 0.29) is 17.8 Å². The van der Waals surface area contributed by atoms with Gasteiger partial charge in [-0.25, -0.2) is 0 Å². The Labute approximate surface area is 200 Å². The maximum absolute atomic E-state index is 13.1. The minimum absolute atomic E-state index is 0.0614. The fraction of sp³-hybridized carbons (Fsp3) is 0.269. The second-order valence-electron chi connectivity index (χ2n) is 8.61. The molecule has 0 aliphatic carbocycles. The van der Waals surface area contributed by atoms with Crippen molar-refractivity contribution in [1.82, 2.24) is 9.80 Å². The monoisotopic (exact) mass is 457 g/mol. The molecular formula is C26H31N7O. The second kappa shape index (κ2) is 9.82. The van der Waals surface area contributed by atoms with Crippen molar-refractivity contribution in [1.29, 1.82) is 10.8 Å². The lowest BCUT2D eigenvalue weighted by molar-refractivity contribution is 0.0993. The molecule has 34 heavy (non-hydrogen) atoms. The van der Waals surface area contributed by atoms with Gasteiger partial charge in [0.2, 0.25) is 0 Å². The van der Waals surface area contributed by atoms with Crippen LogP contribution in [0.4, 0.5) is 5.69 Å². The molecule has 4 rings (SSSR count). The zero-order chi connectivity index (χ0) is 24.2. The maximum atomic E-state index is 13.1. The fourth-order valence-electron chi connectivity index (χ4n) is 4.34. The summed E-state index contributed by atoms with van der Waals surface area (Å²) in [5, 5.41) is 15.1. The van der Waals surface area contributed by atoms with Crippen LogP contribution in [-0.4, -0.2) is 60.9 Å². The predicted molar refractivity (Wildman–Crippen MR) is 138 cm³/mol. The van der Waals surface area contributed by atoms with Crippen molar-refractivity contribution in [2.24, 2.45) is 11.5 Å². The summed E-state index contributed by atoms with van der Waals surface area (Å²) < 4.78 is 0. The van der Waals surface area contributed by atoms with Crippen LogP contribution < -0.4 is 16.4 Å². The number of nitrogens with two attached hydrogens (primary N) is 2. The average Bonchev–Trinajstić information content (AvgIpc) is 2.88. The van der Waals surface area contributed by atoms with Crippen molar-refractivity contribution < 1.29 is 4.79 Å². The lowest BCUT2D eigenvalue weighted by atomic mass is 9.98. The number of nitrogens with one attached hydrogen (secondary N) is 2. The Hall–Kier alpha value is -4.07. The molecule has 0 bridgehead atoms. The summed E-state index contributed by atoms with van der Waals surface area (Å²) in [5.74, 6) is 0.143. The summed E-state index contributed by atoms with van der Waals surface area (Å²) in [6, 6.07) is 15.7. The van der Waals surface area contributed by atoms with Crippen LogP contribution in [0.15, 0.2) is 60.7 Å². The molecule has 2 aromatic rings. The van der Waals surface area contributed by atoms with Gasteiger partial charge in [0.15, 0.2) is 11.9 Å². The third-order valence-electron chi connectivity index (χ3n) is 6.53. The van der Waals surface area contributed by atoms with Crippen LogP contribution in [0.3, 0.4) is 0 Å². The molecule has 0 atom stereocenters. The van der Waals surface area contributed by atoms with Crippen LogP contribution in [0.5, 0.6) is 0 Å². The second-order valence-corrected chi connectivity index (χ2v) is 8.61. The van der Waals surface area contributed by atoms with Gasteiger partial charge in [-0.15, -0.1) is 0 Å². The summed E-state index contributed by atoms with van der Waals surface area (Å²) in [6.45, 7) is 2.75. The highest BCUT2D eigenvalue weighted by Crippen LogP contribution is 2.26. The quantitative estimate of drug-likeness (QED) is 0.415. The van der Waals surface area contributed by atoms with E-state index >= 15 is 0 Å². The summed E-state index contributed by atoms with van der Waals surface area (Å²) in [6.07, 6.45) is 5.86. The molecular weight excluding hydrogens is 426 g/mol. The highest BCUT2D eigenvalue weighted by atomic mass is 16.2. The normalized spacial score (nSPS) is 15.9. The van der Waals surface area contributed by atoms with Gasteiger partial charge in [0, 0.05) is 44.5 Å². The minimum Gasteiger partial charge on any atom is -0.370 e. The molecule has 8 nitrogen and oxygen atoms in total. The van der Waals surface area contributed by atoms with Crippen molar-refractivity contribution in [2.75, 3.05) is 38.1 Å². The van der Waals surface area contributed by atoms with Gasteiger partial charge in [-0.3, -0.25) is 15.6 Å². The van der Waals surface area contributed by atoms with E-state index in [9.17, 15) is 4.79 Å². The molecule has 0 unspecified atom stereocenters. The van der Waals surface area contributed by atoms with Crippen LogP contribution in [-0.2, 0) is 0 Å². The Morgan fingerprint density at radius 1 is 0.794 bits per heavy atom. The Morgan fingerprint density at radius 3 is 1.62 bits per heavy atom. The van der Waals surface area contributed by atoms with E-state index in [4.69, 9.17) is 22.3 Å². The van der Waals surface area contributed by atoms with E-state index in [0.717, 1.165) is 42.7 Å². The standard InChI is InChI=1S/C26H31N7O/c1-31(23-8-6-19(7-9-23)21-12-16-33(17-13-21)26(29)30)24(34)22-4-2-18(3-5-22)20-10-14-32(15-11-20)25(27)28/h2-10,12H,11,13-17H2,1H3,(H3,27,28)(H3,29,30). The van der Waals surface area contributed by atoms with E-state index in [1.807, 2.05) is 58.3 Å². The van der Waals surface area contributed by atoms with Crippen molar-refractivity contribution in [3.63, 3.8) is 0 Å². The summed E-state index contributed by atoms with van der Waals surface area (Å²) in [7, 11) is 1.79. The van der Waals surface area contributed by atoms with Gasteiger partial charge in [0.05, 0.1) is 0 Å². The van der Waals surface area contributed by atoms with Crippen molar-refractivity contribution in [3.8, 4) is 0 Å². The number of guanidine groups is 2.